The van der Waals surface area contributed by atoms with Crippen molar-refractivity contribution in [2.45, 2.75) is 69.1 Å². The molecule has 0 bridgehead atoms. The van der Waals surface area contributed by atoms with Crippen molar-refractivity contribution in [3.05, 3.63) is 118 Å². The van der Waals surface area contributed by atoms with Crippen molar-refractivity contribution >= 4 is 35.8 Å². The van der Waals surface area contributed by atoms with Crippen molar-refractivity contribution in [3.8, 4) is 0 Å². The second-order valence-electron chi connectivity index (χ2n) is 13.1. The van der Waals surface area contributed by atoms with Crippen LogP contribution in [-0.2, 0) is 10.8 Å². The molecular weight excluding hydrogens is 516 g/mol. The van der Waals surface area contributed by atoms with Crippen LogP contribution in [0.2, 0.25) is 0 Å². The number of anilines is 1. The van der Waals surface area contributed by atoms with Gasteiger partial charge >= 0.3 is 0 Å². The highest BCUT2D eigenvalue weighted by atomic mass is 32.1. The molecule has 41 heavy (non-hydrogen) atoms. The Balaban J connectivity index is 1.40. The minimum absolute atomic E-state index is 0.00394. The first kappa shape index (κ1) is 27.8. The van der Waals surface area contributed by atoms with Gasteiger partial charge in [-0.3, -0.25) is 0 Å². The Morgan fingerprint density at radius 3 is 2.29 bits per heavy atom. The minimum atomic E-state index is -0.0750. The van der Waals surface area contributed by atoms with Crippen LogP contribution in [0.5, 0.6) is 0 Å². The Hall–Kier alpha value is -3.30. The number of para-hydroxylation sites is 2. The van der Waals surface area contributed by atoms with Crippen LogP contribution in [0.1, 0.15) is 70.1 Å². The van der Waals surface area contributed by atoms with Crippen LogP contribution in [0.4, 0.5) is 11.4 Å². The molecule has 1 unspecified atom stereocenters. The Bertz CT molecular complexity index is 1630. The van der Waals surface area contributed by atoms with Crippen LogP contribution < -0.4 is 4.90 Å². The van der Waals surface area contributed by atoms with Crippen molar-refractivity contribution in [2.75, 3.05) is 19.0 Å². The fourth-order valence-corrected chi connectivity index (χ4v) is 7.91. The summed E-state index contributed by atoms with van der Waals surface area (Å²) in [5, 5.41) is 0. The lowest BCUT2D eigenvalue weighted by Crippen LogP contribution is -2.33. The van der Waals surface area contributed by atoms with Gasteiger partial charge in [-0.2, -0.15) is 4.58 Å². The highest BCUT2D eigenvalue weighted by molar-refractivity contribution is 7.80. The standard InChI is InChI=1S/C38H42N2S/c1-37(2)30-17-8-10-19-32(30)39(5)35(37)23-22-26-14-13-16-27(24-26)29(25-28-15-7-12-21-34(28)41)36-38(3,4)31-18-9-11-20-33(31)40(36)6/h7-12,15,17-23,25,27H,13-14,16,24H2,1-6H3/p+1. The Morgan fingerprint density at radius 1 is 0.878 bits per heavy atom. The second kappa shape index (κ2) is 10.5. The van der Waals surface area contributed by atoms with Gasteiger partial charge in [-0.05, 0) is 80.9 Å². The molecule has 1 atom stereocenters. The van der Waals surface area contributed by atoms with Crippen LogP contribution in [0, 0.1) is 5.92 Å². The first-order valence-electron chi connectivity index (χ1n) is 15.0. The van der Waals surface area contributed by atoms with E-state index in [9.17, 15) is 0 Å². The second-order valence-corrected chi connectivity index (χ2v) is 13.6. The van der Waals surface area contributed by atoms with Crippen molar-refractivity contribution < 1.29 is 4.58 Å². The van der Waals surface area contributed by atoms with E-state index in [0.717, 1.165) is 11.3 Å². The number of hydrogen-bond donors (Lipinski definition) is 1. The van der Waals surface area contributed by atoms with Crippen LogP contribution in [0.25, 0.3) is 6.08 Å². The minimum Gasteiger partial charge on any atom is -0.347 e. The predicted molar refractivity (Wildman–Crippen MR) is 178 cm³/mol. The van der Waals surface area contributed by atoms with E-state index in [2.05, 4.69) is 142 Å². The molecule has 2 heterocycles. The Labute approximate surface area is 252 Å². The van der Waals surface area contributed by atoms with Crippen LogP contribution in [0.3, 0.4) is 0 Å². The van der Waals surface area contributed by atoms with E-state index in [1.807, 2.05) is 0 Å². The third-order valence-corrected chi connectivity index (χ3v) is 10.2. The SMILES string of the molecule is CN1C(=CC=C2CCCC(C(=Cc3ccccc3S)C3=[N+](C)c4ccccc4C3(C)C)C2)C(C)(C)c2ccccc21. The Kier molecular flexibility index (Phi) is 7.14. The van der Waals surface area contributed by atoms with E-state index >= 15 is 0 Å². The molecule has 3 heteroatoms. The largest absolute Gasteiger partial charge is 0.347 e. The molecule has 0 amide bonds. The number of thiol groups is 1. The van der Waals surface area contributed by atoms with Gasteiger partial charge in [0.25, 0.3) is 0 Å². The lowest BCUT2D eigenvalue weighted by Gasteiger charge is -2.30. The molecule has 3 aromatic rings. The summed E-state index contributed by atoms with van der Waals surface area (Å²) in [6.45, 7) is 9.49. The van der Waals surface area contributed by atoms with Crippen molar-refractivity contribution in [2.24, 2.45) is 5.92 Å². The number of rotatable bonds is 4. The zero-order valence-corrected chi connectivity index (χ0v) is 26.3. The van der Waals surface area contributed by atoms with Gasteiger partial charge < -0.3 is 4.90 Å². The molecule has 1 fully saturated rings. The fraction of sp³-hybridized carbons (Fsp3) is 0.342. The van der Waals surface area contributed by atoms with E-state index < -0.39 is 0 Å². The van der Waals surface area contributed by atoms with Gasteiger partial charge in [-0.1, -0.05) is 80.1 Å². The average molecular weight is 560 g/mol. The van der Waals surface area contributed by atoms with Gasteiger partial charge in [0.05, 0.1) is 5.41 Å². The molecule has 1 aliphatic carbocycles. The molecule has 0 saturated heterocycles. The number of nitrogens with zero attached hydrogens (tertiary/aromatic N) is 2. The maximum absolute atomic E-state index is 4.85. The zero-order chi connectivity index (χ0) is 28.9. The summed E-state index contributed by atoms with van der Waals surface area (Å²) in [6, 6.07) is 26.3. The normalized spacial score (nSPS) is 23.3. The van der Waals surface area contributed by atoms with E-state index in [4.69, 9.17) is 12.6 Å². The van der Waals surface area contributed by atoms with Crippen LogP contribution >= 0.6 is 12.6 Å². The van der Waals surface area contributed by atoms with Crippen molar-refractivity contribution in [1.29, 1.82) is 0 Å². The maximum Gasteiger partial charge on any atom is 0.209 e. The molecule has 2 nitrogen and oxygen atoms in total. The lowest BCUT2D eigenvalue weighted by molar-refractivity contribution is -0.402. The molecule has 2 aliphatic heterocycles. The summed E-state index contributed by atoms with van der Waals surface area (Å²) in [5.74, 6) is 0.457. The number of hydrogen-bond acceptors (Lipinski definition) is 2. The molecule has 0 radical (unpaired) electrons. The molecule has 3 aliphatic rings. The summed E-state index contributed by atoms with van der Waals surface area (Å²) >= 11 is 4.85. The quantitative estimate of drug-likeness (QED) is 0.247. The molecular formula is C38H43N2S+. The Morgan fingerprint density at radius 2 is 1.56 bits per heavy atom. The van der Waals surface area contributed by atoms with Gasteiger partial charge in [0, 0.05) is 45.9 Å². The van der Waals surface area contributed by atoms with Gasteiger partial charge in [-0.25, -0.2) is 0 Å². The topological polar surface area (TPSA) is 6.25 Å². The smallest absolute Gasteiger partial charge is 0.209 e. The third-order valence-electron chi connectivity index (χ3n) is 9.80. The molecule has 0 spiro atoms. The molecule has 0 N–H and O–H groups in total. The number of fused-ring (bicyclic) bond motifs is 2. The molecule has 210 valence electrons. The van der Waals surface area contributed by atoms with Gasteiger partial charge in [0.1, 0.15) is 7.05 Å². The van der Waals surface area contributed by atoms with Crippen LogP contribution in [-0.4, -0.2) is 24.4 Å². The number of likely N-dealkylation sites (N-methyl/N-ethyl adjacent to an activating group) is 1. The van der Waals surface area contributed by atoms with Gasteiger partial charge in [-0.15, -0.1) is 12.6 Å². The molecule has 1 saturated carbocycles. The molecule has 0 aromatic heterocycles. The van der Waals surface area contributed by atoms with E-state index in [0.29, 0.717) is 5.92 Å². The van der Waals surface area contributed by atoms with Gasteiger partial charge in [0.15, 0.2) is 5.71 Å². The first-order chi connectivity index (χ1) is 19.6. The van der Waals surface area contributed by atoms with Gasteiger partial charge in [0.2, 0.25) is 5.69 Å². The highest BCUT2D eigenvalue weighted by Gasteiger charge is 2.47. The number of allylic oxidation sites excluding steroid dienone is 5. The summed E-state index contributed by atoms with van der Waals surface area (Å²) in [7, 11) is 4.46. The monoisotopic (exact) mass is 559 g/mol. The first-order valence-corrected chi connectivity index (χ1v) is 15.5. The summed E-state index contributed by atoms with van der Waals surface area (Å²) < 4.78 is 2.45. The summed E-state index contributed by atoms with van der Waals surface area (Å²) in [5.41, 5.74) is 12.4. The highest BCUT2D eigenvalue weighted by Crippen LogP contribution is 2.48. The lowest BCUT2D eigenvalue weighted by atomic mass is 9.71. The average Bonchev–Trinajstić information content (AvgIpc) is 3.29. The fourth-order valence-electron chi connectivity index (χ4n) is 7.68. The molecule has 3 aromatic carbocycles. The van der Waals surface area contributed by atoms with Crippen LogP contribution in [0.15, 0.2) is 107 Å². The predicted octanol–water partition coefficient (Wildman–Crippen LogP) is 9.49. The summed E-state index contributed by atoms with van der Waals surface area (Å²) in [6.07, 6.45) is 12.0. The van der Waals surface area contributed by atoms with Crippen molar-refractivity contribution in [1.82, 2.24) is 0 Å². The van der Waals surface area contributed by atoms with Crippen molar-refractivity contribution in [3.63, 3.8) is 0 Å². The molecule has 6 rings (SSSR count). The maximum atomic E-state index is 4.85. The zero-order valence-electron chi connectivity index (χ0n) is 25.4. The van der Waals surface area contributed by atoms with E-state index in [1.165, 1.54) is 64.3 Å². The third kappa shape index (κ3) is 4.73. The van der Waals surface area contributed by atoms with E-state index in [-0.39, 0.29) is 10.8 Å². The summed E-state index contributed by atoms with van der Waals surface area (Å²) in [4.78, 5) is 3.41. The van der Waals surface area contributed by atoms with E-state index in [1.54, 1.807) is 5.57 Å². The number of benzene rings is 3.